The fourth-order valence-electron chi connectivity index (χ4n) is 5.81. The summed E-state index contributed by atoms with van der Waals surface area (Å²) in [7, 11) is 2.08. The maximum Gasteiger partial charge on any atom is 0.258 e. The second-order valence-corrected chi connectivity index (χ2v) is 11.7. The molecule has 41 heavy (non-hydrogen) atoms. The van der Waals surface area contributed by atoms with Gasteiger partial charge in [-0.3, -0.25) is 14.4 Å². The van der Waals surface area contributed by atoms with Crippen LogP contribution in [0.25, 0.3) is 0 Å². The van der Waals surface area contributed by atoms with Crippen molar-refractivity contribution < 1.29 is 14.4 Å². The highest BCUT2D eigenvalue weighted by atomic mass is 35.5. The molecular formula is C33H37ClN4O3. The topological polar surface area (TPSA) is 73.0 Å². The molecule has 1 N–H and O–H groups in total. The molecule has 3 aromatic carbocycles. The van der Waals surface area contributed by atoms with Gasteiger partial charge in [0.25, 0.3) is 11.8 Å². The van der Waals surface area contributed by atoms with E-state index in [0.29, 0.717) is 28.3 Å². The lowest BCUT2D eigenvalue weighted by Crippen LogP contribution is -2.47. The number of nitrogens with one attached hydrogen (secondary N) is 1. The van der Waals surface area contributed by atoms with Crippen molar-refractivity contribution in [1.29, 1.82) is 0 Å². The highest BCUT2D eigenvalue weighted by Gasteiger charge is 2.33. The molecule has 0 radical (unpaired) electrons. The van der Waals surface area contributed by atoms with Gasteiger partial charge in [-0.2, -0.15) is 0 Å². The normalized spacial score (nSPS) is 19.3. The number of rotatable bonds is 5. The van der Waals surface area contributed by atoms with Crippen molar-refractivity contribution in [3.05, 3.63) is 94.0 Å². The third-order valence-corrected chi connectivity index (χ3v) is 8.57. The summed E-state index contributed by atoms with van der Waals surface area (Å²) in [5.74, 6) is -0.171. The number of halogens is 1. The van der Waals surface area contributed by atoms with Crippen LogP contribution in [-0.4, -0.2) is 66.8 Å². The van der Waals surface area contributed by atoms with Gasteiger partial charge in [0.2, 0.25) is 5.91 Å². The Morgan fingerprint density at radius 3 is 2.34 bits per heavy atom. The number of amides is 3. The lowest BCUT2D eigenvalue weighted by atomic mass is 9.90. The number of carbonyl (C=O) groups is 3. The first kappa shape index (κ1) is 28.8. The minimum absolute atomic E-state index is 0.0184. The Balaban J connectivity index is 1.35. The van der Waals surface area contributed by atoms with Crippen LogP contribution in [0, 0.1) is 6.92 Å². The van der Waals surface area contributed by atoms with Gasteiger partial charge in [-0.15, -0.1) is 0 Å². The van der Waals surface area contributed by atoms with E-state index in [-0.39, 0.29) is 29.7 Å². The fourth-order valence-corrected chi connectivity index (χ4v) is 6.00. The SMILES string of the molecule is Cc1ccccc1C(=O)Nc1ccc(C(=O)N2c3ccc(Cl)cc3C(CC(=O)N3CCN(C)CC3)CCC2C)cc1. The monoisotopic (exact) mass is 572 g/mol. The van der Waals surface area contributed by atoms with Crippen molar-refractivity contribution in [2.45, 2.75) is 45.1 Å². The molecule has 5 rings (SSSR count). The molecule has 214 valence electrons. The third kappa shape index (κ3) is 6.47. The van der Waals surface area contributed by atoms with Gasteiger partial charge in [0.05, 0.1) is 0 Å². The molecule has 7 nitrogen and oxygen atoms in total. The van der Waals surface area contributed by atoms with Crippen molar-refractivity contribution in [2.75, 3.05) is 43.4 Å². The summed E-state index contributed by atoms with van der Waals surface area (Å²) in [6, 6.07) is 20.0. The zero-order valence-electron chi connectivity index (χ0n) is 23.9. The van der Waals surface area contributed by atoms with Crippen LogP contribution in [0.1, 0.15) is 63.9 Å². The molecule has 0 saturated carbocycles. The van der Waals surface area contributed by atoms with Crippen LogP contribution in [0.2, 0.25) is 5.02 Å². The lowest BCUT2D eigenvalue weighted by Gasteiger charge is -2.33. The molecular weight excluding hydrogens is 536 g/mol. The van der Waals surface area contributed by atoms with E-state index in [1.165, 1.54) is 0 Å². The lowest BCUT2D eigenvalue weighted by molar-refractivity contribution is -0.133. The van der Waals surface area contributed by atoms with Crippen LogP contribution in [-0.2, 0) is 4.79 Å². The van der Waals surface area contributed by atoms with E-state index in [0.717, 1.165) is 55.8 Å². The van der Waals surface area contributed by atoms with E-state index in [1.807, 2.05) is 53.1 Å². The number of hydrogen-bond donors (Lipinski definition) is 1. The van der Waals surface area contributed by atoms with Crippen LogP contribution in [0.15, 0.2) is 66.7 Å². The molecule has 2 unspecified atom stereocenters. The predicted octanol–water partition coefficient (Wildman–Crippen LogP) is 5.98. The van der Waals surface area contributed by atoms with Gasteiger partial charge in [0.15, 0.2) is 0 Å². The minimum atomic E-state index is -0.189. The van der Waals surface area contributed by atoms with E-state index >= 15 is 0 Å². The molecule has 0 bridgehead atoms. The Bertz CT molecular complexity index is 1430. The van der Waals surface area contributed by atoms with E-state index in [4.69, 9.17) is 11.6 Å². The number of carbonyl (C=O) groups excluding carboxylic acids is 3. The van der Waals surface area contributed by atoms with Crippen molar-refractivity contribution in [3.8, 4) is 0 Å². The van der Waals surface area contributed by atoms with Gasteiger partial charge >= 0.3 is 0 Å². The first-order chi connectivity index (χ1) is 19.7. The number of nitrogens with zero attached hydrogens (tertiary/aromatic N) is 3. The fraction of sp³-hybridized carbons (Fsp3) is 0.364. The summed E-state index contributed by atoms with van der Waals surface area (Å²) in [5.41, 5.74) is 4.40. The molecule has 8 heteroatoms. The first-order valence-corrected chi connectivity index (χ1v) is 14.7. The van der Waals surface area contributed by atoms with Crippen molar-refractivity contribution in [2.24, 2.45) is 0 Å². The third-order valence-electron chi connectivity index (χ3n) is 8.34. The smallest absolute Gasteiger partial charge is 0.258 e. The van der Waals surface area contributed by atoms with Gasteiger partial charge < -0.3 is 20.0 Å². The van der Waals surface area contributed by atoms with Crippen molar-refractivity contribution >= 4 is 40.7 Å². The van der Waals surface area contributed by atoms with Crippen LogP contribution in [0.3, 0.4) is 0 Å². The first-order valence-electron chi connectivity index (χ1n) is 14.3. The zero-order chi connectivity index (χ0) is 29.1. The predicted molar refractivity (Wildman–Crippen MR) is 164 cm³/mol. The molecule has 3 amide bonds. The van der Waals surface area contributed by atoms with Crippen LogP contribution in [0.4, 0.5) is 11.4 Å². The summed E-state index contributed by atoms with van der Waals surface area (Å²) in [6.07, 6.45) is 1.96. The second-order valence-electron chi connectivity index (χ2n) is 11.2. The van der Waals surface area contributed by atoms with E-state index in [2.05, 4.69) is 24.2 Å². The molecule has 1 saturated heterocycles. The number of benzene rings is 3. The van der Waals surface area contributed by atoms with Gasteiger partial charge in [-0.05, 0) is 99.3 Å². The number of anilines is 2. The molecule has 1 fully saturated rings. The number of likely N-dealkylation sites (N-methyl/N-ethyl adjacent to an activating group) is 1. The van der Waals surface area contributed by atoms with E-state index in [1.54, 1.807) is 30.3 Å². The number of fused-ring (bicyclic) bond motifs is 1. The Morgan fingerprint density at radius 2 is 1.63 bits per heavy atom. The standard InChI is InChI=1S/C33H37ClN4O3/c1-22-6-4-5-7-28(22)32(40)35-27-13-10-24(11-14-27)33(41)38-23(2)8-9-25(29-21-26(34)12-15-30(29)38)20-31(39)37-18-16-36(3)17-19-37/h4-7,10-15,21,23,25H,8-9,16-20H2,1-3H3,(H,35,40). The summed E-state index contributed by atoms with van der Waals surface area (Å²) < 4.78 is 0. The second kappa shape index (κ2) is 12.5. The molecule has 2 aliphatic rings. The molecule has 3 aromatic rings. The zero-order valence-corrected chi connectivity index (χ0v) is 24.7. The largest absolute Gasteiger partial charge is 0.340 e. The Labute approximate surface area is 247 Å². The van der Waals surface area contributed by atoms with Gasteiger partial charge in [0, 0.05) is 66.2 Å². The van der Waals surface area contributed by atoms with Crippen LogP contribution in [0.5, 0.6) is 0 Å². The number of piperazine rings is 1. The van der Waals surface area contributed by atoms with Crippen molar-refractivity contribution in [1.82, 2.24) is 9.80 Å². The van der Waals surface area contributed by atoms with Gasteiger partial charge in [-0.1, -0.05) is 29.8 Å². The van der Waals surface area contributed by atoms with Crippen LogP contribution >= 0.6 is 11.6 Å². The summed E-state index contributed by atoms with van der Waals surface area (Å²) >= 11 is 6.45. The maximum atomic E-state index is 13.9. The van der Waals surface area contributed by atoms with Crippen LogP contribution < -0.4 is 10.2 Å². The Kier molecular flexibility index (Phi) is 8.76. The molecule has 2 aliphatic heterocycles. The molecule has 0 aromatic heterocycles. The summed E-state index contributed by atoms with van der Waals surface area (Å²) in [5, 5.41) is 3.52. The Hall–Kier alpha value is -3.68. The highest BCUT2D eigenvalue weighted by Crippen LogP contribution is 2.41. The van der Waals surface area contributed by atoms with E-state index < -0.39 is 0 Å². The summed E-state index contributed by atoms with van der Waals surface area (Å²) in [6.45, 7) is 7.20. The quantitative estimate of drug-likeness (QED) is 0.408. The van der Waals surface area contributed by atoms with Crippen molar-refractivity contribution in [3.63, 3.8) is 0 Å². The van der Waals surface area contributed by atoms with Gasteiger partial charge in [0.1, 0.15) is 0 Å². The minimum Gasteiger partial charge on any atom is -0.340 e. The van der Waals surface area contributed by atoms with Gasteiger partial charge in [-0.25, -0.2) is 0 Å². The molecule has 2 atom stereocenters. The highest BCUT2D eigenvalue weighted by molar-refractivity contribution is 6.30. The maximum absolute atomic E-state index is 13.9. The molecule has 0 aliphatic carbocycles. The number of aryl methyl sites for hydroxylation is 1. The Morgan fingerprint density at radius 1 is 0.927 bits per heavy atom. The molecule has 2 heterocycles. The molecule has 0 spiro atoms. The average molecular weight is 573 g/mol. The van der Waals surface area contributed by atoms with E-state index in [9.17, 15) is 14.4 Å². The summed E-state index contributed by atoms with van der Waals surface area (Å²) in [4.78, 5) is 46.0. The average Bonchev–Trinajstić information content (AvgIpc) is 3.09. The number of hydrogen-bond acceptors (Lipinski definition) is 4.